The first-order chi connectivity index (χ1) is 13.7. The highest BCUT2D eigenvalue weighted by Gasteiger charge is 2.25. The lowest BCUT2D eigenvalue weighted by Crippen LogP contribution is -2.25. The van der Waals surface area contributed by atoms with E-state index < -0.39 is 0 Å². The maximum Gasteiger partial charge on any atom is 0.228 e. The number of ketones is 1. The van der Waals surface area contributed by atoms with E-state index in [4.69, 9.17) is 4.74 Å². The summed E-state index contributed by atoms with van der Waals surface area (Å²) in [6, 6.07) is 7.91. The van der Waals surface area contributed by atoms with Crippen LogP contribution in [0.2, 0.25) is 0 Å². The molecule has 1 atom stereocenters. The molecular weight excluding hydrogens is 372 g/mol. The molecule has 2 aliphatic heterocycles. The van der Waals surface area contributed by atoms with Crippen LogP contribution in [0.1, 0.15) is 48.5 Å². The van der Waals surface area contributed by atoms with Crippen molar-refractivity contribution >= 4 is 23.5 Å². The minimum atomic E-state index is 0.127. The Balaban J connectivity index is 1.47. The van der Waals surface area contributed by atoms with Crippen LogP contribution in [-0.2, 0) is 17.7 Å². The van der Waals surface area contributed by atoms with E-state index in [1.807, 2.05) is 24.3 Å². The van der Waals surface area contributed by atoms with Gasteiger partial charge in [-0.3, -0.25) is 9.36 Å². The molecule has 3 heterocycles. The number of Topliss-reactive ketones (excluding diaryl/α,β-unsaturated/α-hetero) is 1. The Kier molecular flexibility index (Phi) is 6.32. The lowest BCUT2D eigenvalue weighted by molar-refractivity contribution is 0.0952. The van der Waals surface area contributed by atoms with Crippen molar-refractivity contribution in [2.24, 2.45) is 0 Å². The van der Waals surface area contributed by atoms with Gasteiger partial charge in [0.2, 0.25) is 5.95 Å². The summed E-state index contributed by atoms with van der Waals surface area (Å²) in [4.78, 5) is 14.9. The van der Waals surface area contributed by atoms with Crippen molar-refractivity contribution < 1.29 is 9.53 Å². The van der Waals surface area contributed by atoms with Crippen molar-refractivity contribution in [3.8, 4) is 0 Å². The van der Waals surface area contributed by atoms with E-state index in [1.54, 1.807) is 0 Å². The van der Waals surface area contributed by atoms with E-state index in [0.29, 0.717) is 5.75 Å². The monoisotopic (exact) mass is 400 g/mol. The number of aryl methyl sites for hydroxylation is 1. The van der Waals surface area contributed by atoms with E-state index in [1.165, 1.54) is 30.2 Å². The molecule has 0 amide bonds. The van der Waals surface area contributed by atoms with Crippen LogP contribution in [0.5, 0.6) is 0 Å². The van der Waals surface area contributed by atoms with Crippen molar-refractivity contribution in [3.63, 3.8) is 0 Å². The Morgan fingerprint density at radius 3 is 2.64 bits per heavy atom. The molecule has 2 fully saturated rings. The summed E-state index contributed by atoms with van der Waals surface area (Å²) in [5.41, 5.74) is 2.01. The number of rotatable bonds is 8. The summed E-state index contributed by atoms with van der Waals surface area (Å²) < 4.78 is 8.01. The van der Waals surface area contributed by atoms with Crippen LogP contribution in [0.25, 0.3) is 0 Å². The number of ether oxygens (including phenoxy) is 1. The Morgan fingerprint density at radius 1 is 1.18 bits per heavy atom. The topological polar surface area (TPSA) is 60.2 Å². The molecular formula is C21H28N4O2S. The molecule has 7 heteroatoms. The molecule has 0 saturated carbocycles. The van der Waals surface area contributed by atoms with Crippen LogP contribution in [0.3, 0.4) is 0 Å². The number of nitrogens with zero attached hydrogens (tertiary/aromatic N) is 4. The second-order valence-electron chi connectivity index (χ2n) is 7.48. The number of carbonyl (C=O) groups is 1. The normalized spacial score (nSPS) is 19.5. The van der Waals surface area contributed by atoms with Gasteiger partial charge in [0.25, 0.3) is 0 Å². The van der Waals surface area contributed by atoms with Crippen molar-refractivity contribution in [2.45, 2.75) is 56.8 Å². The van der Waals surface area contributed by atoms with Gasteiger partial charge >= 0.3 is 0 Å². The van der Waals surface area contributed by atoms with E-state index in [-0.39, 0.29) is 11.9 Å². The van der Waals surface area contributed by atoms with Gasteiger partial charge in [0.1, 0.15) is 0 Å². The van der Waals surface area contributed by atoms with E-state index >= 15 is 0 Å². The highest BCUT2D eigenvalue weighted by atomic mass is 32.2. The smallest absolute Gasteiger partial charge is 0.228 e. The number of hydrogen-bond acceptors (Lipinski definition) is 6. The molecule has 0 radical (unpaired) electrons. The van der Waals surface area contributed by atoms with Gasteiger partial charge in [-0.25, -0.2) is 0 Å². The summed E-state index contributed by atoms with van der Waals surface area (Å²) >= 11 is 1.48. The van der Waals surface area contributed by atoms with Crippen LogP contribution < -0.4 is 4.90 Å². The van der Waals surface area contributed by atoms with Crippen molar-refractivity contribution in [1.82, 2.24) is 14.8 Å². The van der Waals surface area contributed by atoms with Gasteiger partial charge in [0.15, 0.2) is 10.9 Å². The maximum absolute atomic E-state index is 12.6. The van der Waals surface area contributed by atoms with Gasteiger partial charge < -0.3 is 9.64 Å². The Labute approximate surface area is 170 Å². The summed E-state index contributed by atoms with van der Waals surface area (Å²) in [7, 11) is 0. The number of carbonyl (C=O) groups excluding carboxylic acids is 1. The molecule has 4 rings (SSSR count). The molecule has 0 aliphatic carbocycles. The minimum Gasteiger partial charge on any atom is -0.376 e. The zero-order chi connectivity index (χ0) is 19.3. The molecule has 28 heavy (non-hydrogen) atoms. The van der Waals surface area contributed by atoms with Gasteiger partial charge in [-0.15, -0.1) is 10.2 Å². The Bertz CT molecular complexity index is 793. The summed E-state index contributed by atoms with van der Waals surface area (Å²) in [6.45, 7) is 5.76. The van der Waals surface area contributed by atoms with Gasteiger partial charge in [0, 0.05) is 25.3 Å². The van der Waals surface area contributed by atoms with Crippen LogP contribution in [0.15, 0.2) is 29.4 Å². The molecule has 1 unspecified atom stereocenters. The van der Waals surface area contributed by atoms with Gasteiger partial charge in [-0.1, -0.05) is 43.0 Å². The predicted octanol–water partition coefficient (Wildman–Crippen LogP) is 3.59. The number of benzene rings is 1. The fourth-order valence-electron chi connectivity index (χ4n) is 3.83. The second kappa shape index (κ2) is 9.09. The third-order valence-corrected chi connectivity index (χ3v) is 6.48. The molecule has 1 aromatic carbocycles. The molecule has 1 aromatic heterocycles. The summed E-state index contributed by atoms with van der Waals surface area (Å²) in [6.07, 6.45) is 5.78. The third-order valence-electron chi connectivity index (χ3n) is 5.51. The lowest BCUT2D eigenvalue weighted by Gasteiger charge is -2.20. The molecule has 0 bridgehead atoms. The standard InChI is InChI=1S/C21H28N4O2S/c1-2-16-7-9-17(10-8-16)19(26)15-28-21-23-22-20(24-11-3-4-12-24)25(21)14-18-6-5-13-27-18/h7-10,18H,2-6,11-15H2,1H3. The first-order valence-corrected chi connectivity index (χ1v) is 11.3. The molecule has 0 N–H and O–H groups in total. The molecule has 2 aliphatic rings. The molecule has 150 valence electrons. The number of aromatic nitrogens is 3. The average molecular weight is 401 g/mol. The first-order valence-electron chi connectivity index (χ1n) is 10.3. The fourth-order valence-corrected chi connectivity index (χ4v) is 4.67. The van der Waals surface area contributed by atoms with E-state index in [9.17, 15) is 4.79 Å². The number of anilines is 1. The van der Waals surface area contributed by atoms with Crippen LogP contribution >= 0.6 is 11.8 Å². The molecule has 6 nitrogen and oxygen atoms in total. The van der Waals surface area contributed by atoms with Gasteiger partial charge in [-0.05, 0) is 37.7 Å². The molecule has 2 saturated heterocycles. The first kappa shape index (κ1) is 19.5. The Morgan fingerprint density at radius 2 is 1.96 bits per heavy atom. The predicted molar refractivity (Wildman–Crippen MR) is 111 cm³/mol. The highest BCUT2D eigenvalue weighted by molar-refractivity contribution is 7.99. The minimum absolute atomic E-state index is 0.127. The fraction of sp³-hybridized carbons (Fsp3) is 0.571. The summed E-state index contributed by atoms with van der Waals surface area (Å²) in [5, 5.41) is 9.70. The second-order valence-corrected chi connectivity index (χ2v) is 8.43. The lowest BCUT2D eigenvalue weighted by atomic mass is 10.1. The quantitative estimate of drug-likeness (QED) is 0.498. The van der Waals surface area contributed by atoms with Gasteiger partial charge in [-0.2, -0.15) is 0 Å². The van der Waals surface area contributed by atoms with E-state index in [0.717, 1.165) is 62.2 Å². The van der Waals surface area contributed by atoms with E-state index in [2.05, 4.69) is 26.6 Å². The molecule has 0 spiro atoms. The average Bonchev–Trinajstić information content (AvgIpc) is 3.49. The van der Waals surface area contributed by atoms with Gasteiger partial charge in [0.05, 0.1) is 18.4 Å². The van der Waals surface area contributed by atoms with Crippen molar-refractivity contribution in [3.05, 3.63) is 35.4 Å². The van der Waals surface area contributed by atoms with Crippen LogP contribution in [0.4, 0.5) is 5.95 Å². The Hall–Kier alpha value is -1.86. The maximum atomic E-state index is 12.6. The zero-order valence-corrected chi connectivity index (χ0v) is 17.3. The third kappa shape index (κ3) is 4.41. The number of hydrogen-bond donors (Lipinski definition) is 0. The van der Waals surface area contributed by atoms with Crippen molar-refractivity contribution in [1.29, 1.82) is 0 Å². The largest absolute Gasteiger partial charge is 0.376 e. The molecule has 2 aromatic rings. The van der Waals surface area contributed by atoms with Crippen LogP contribution in [0, 0.1) is 0 Å². The van der Waals surface area contributed by atoms with Crippen molar-refractivity contribution in [2.75, 3.05) is 30.3 Å². The SMILES string of the molecule is CCc1ccc(C(=O)CSc2nnc(N3CCCC3)n2CC2CCCO2)cc1. The summed E-state index contributed by atoms with van der Waals surface area (Å²) in [5.74, 6) is 1.42. The number of thioether (sulfide) groups is 1. The zero-order valence-electron chi connectivity index (χ0n) is 16.5. The highest BCUT2D eigenvalue weighted by Crippen LogP contribution is 2.27. The van der Waals surface area contributed by atoms with Crippen LogP contribution in [-0.4, -0.2) is 52.1 Å².